The molecule has 0 aliphatic heterocycles. The van der Waals surface area contributed by atoms with Gasteiger partial charge < -0.3 is 14.8 Å². The van der Waals surface area contributed by atoms with Crippen LogP contribution in [-0.4, -0.2) is 39.8 Å². The van der Waals surface area contributed by atoms with Gasteiger partial charge in [-0.1, -0.05) is 24.3 Å². The predicted octanol–water partition coefficient (Wildman–Crippen LogP) is 3.91. The first-order valence-electron chi connectivity index (χ1n) is 11.0. The zero-order valence-corrected chi connectivity index (χ0v) is 20.8. The van der Waals surface area contributed by atoms with Crippen molar-refractivity contribution in [3.05, 3.63) is 89.2 Å². The third-order valence-electron chi connectivity index (χ3n) is 5.38. The fourth-order valence-electron chi connectivity index (χ4n) is 3.31. The van der Waals surface area contributed by atoms with Crippen molar-refractivity contribution in [1.29, 1.82) is 0 Å². The Hall–Kier alpha value is -3.43. The fraction of sp³-hybridized carbons (Fsp3) is 0.269. The lowest BCUT2D eigenvalue weighted by Gasteiger charge is -2.14. The Morgan fingerprint density at radius 1 is 0.971 bits per heavy atom. The van der Waals surface area contributed by atoms with Gasteiger partial charge in [0.25, 0.3) is 0 Å². The first-order valence-corrected chi connectivity index (χ1v) is 12.5. The highest BCUT2D eigenvalue weighted by Gasteiger charge is 2.19. The van der Waals surface area contributed by atoms with Gasteiger partial charge in [0.1, 0.15) is 23.9 Å². The minimum atomic E-state index is -3.58. The minimum absolute atomic E-state index is 0.153. The summed E-state index contributed by atoms with van der Waals surface area (Å²) in [7, 11) is 0.862. The zero-order valence-electron chi connectivity index (χ0n) is 20.0. The Balaban J connectivity index is 1.51. The molecule has 0 heterocycles. The average molecular weight is 501 g/mol. The maximum atomic E-state index is 13.0. The highest BCUT2D eigenvalue weighted by atomic mass is 32.2. The second-order valence-corrected chi connectivity index (χ2v) is 10.2. The van der Waals surface area contributed by atoms with Gasteiger partial charge in [-0.25, -0.2) is 17.1 Å². The predicted molar refractivity (Wildman–Crippen MR) is 131 cm³/mol. The second-order valence-electron chi connectivity index (χ2n) is 8.10. The maximum absolute atomic E-state index is 13.0. The Morgan fingerprint density at radius 2 is 1.63 bits per heavy atom. The van der Waals surface area contributed by atoms with Gasteiger partial charge in [0, 0.05) is 27.1 Å². The zero-order chi connectivity index (χ0) is 25.4. The van der Waals surface area contributed by atoms with Gasteiger partial charge >= 0.3 is 0 Å². The van der Waals surface area contributed by atoms with Crippen LogP contribution in [0, 0.1) is 5.82 Å². The third kappa shape index (κ3) is 7.27. The van der Waals surface area contributed by atoms with Crippen molar-refractivity contribution in [3.63, 3.8) is 0 Å². The fourth-order valence-corrected chi connectivity index (χ4v) is 4.26. The maximum Gasteiger partial charge on any atom is 0.242 e. The molecule has 1 N–H and O–H groups in total. The number of rotatable bonds is 11. The number of ether oxygens (including phenoxy) is 2. The van der Waals surface area contributed by atoms with Crippen LogP contribution in [0.2, 0.25) is 0 Å². The number of halogens is 1. The van der Waals surface area contributed by atoms with E-state index in [1.54, 1.807) is 24.3 Å². The highest BCUT2D eigenvalue weighted by molar-refractivity contribution is 7.89. The molecule has 3 rings (SSSR count). The summed E-state index contributed by atoms with van der Waals surface area (Å²) in [5.74, 6) is 0.755. The van der Waals surface area contributed by atoms with Gasteiger partial charge in [-0.05, 0) is 65.6 Å². The molecular formula is C26H29FN2O5S. The van der Waals surface area contributed by atoms with Crippen molar-refractivity contribution in [2.45, 2.75) is 30.9 Å². The van der Waals surface area contributed by atoms with Crippen LogP contribution in [0.15, 0.2) is 71.6 Å². The molecule has 0 saturated carbocycles. The van der Waals surface area contributed by atoms with Crippen LogP contribution in [0.5, 0.6) is 11.5 Å². The molecule has 3 aromatic carbocycles. The molecule has 35 heavy (non-hydrogen) atoms. The van der Waals surface area contributed by atoms with Crippen LogP contribution in [0.25, 0.3) is 0 Å². The standard InChI is InChI=1S/C26H29FN2O5S/c1-29(2)35(31,32)24-13-14-25(33-3)21(16-24)8-15-26(30)28-17-19-6-11-23(12-7-19)34-18-20-4-9-22(27)10-5-20/h4-7,9-14,16H,8,15,17-18H2,1-3H3,(H,28,30). The summed E-state index contributed by atoms with van der Waals surface area (Å²) in [6, 6.07) is 18.1. The van der Waals surface area contributed by atoms with Gasteiger partial charge in [-0.3, -0.25) is 4.79 Å². The Labute approximate surface area is 205 Å². The van der Waals surface area contributed by atoms with Crippen molar-refractivity contribution in [1.82, 2.24) is 9.62 Å². The molecule has 7 nitrogen and oxygen atoms in total. The summed E-state index contributed by atoms with van der Waals surface area (Å²) in [4.78, 5) is 12.6. The van der Waals surface area contributed by atoms with E-state index in [0.29, 0.717) is 36.6 Å². The van der Waals surface area contributed by atoms with Gasteiger partial charge in [0.05, 0.1) is 12.0 Å². The molecule has 3 aromatic rings. The number of carbonyl (C=O) groups excluding carboxylic acids is 1. The summed E-state index contributed by atoms with van der Waals surface area (Å²) in [5, 5.41) is 2.87. The monoisotopic (exact) mass is 500 g/mol. The molecule has 0 aromatic heterocycles. The number of carbonyl (C=O) groups is 1. The number of nitrogens with zero attached hydrogens (tertiary/aromatic N) is 1. The Bertz CT molecular complexity index is 1240. The van der Waals surface area contributed by atoms with E-state index in [0.717, 1.165) is 15.4 Å². The SMILES string of the molecule is COc1ccc(S(=O)(=O)N(C)C)cc1CCC(=O)NCc1ccc(OCc2ccc(F)cc2)cc1. The number of benzene rings is 3. The molecule has 0 unspecified atom stereocenters. The largest absolute Gasteiger partial charge is 0.496 e. The Kier molecular flexibility index (Phi) is 8.84. The van der Waals surface area contributed by atoms with Crippen molar-refractivity contribution in [2.24, 2.45) is 0 Å². The van der Waals surface area contributed by atoms with E-state index in [9.17, 15) is 17.6 Å². The smallest absolute Gasteiger partial charge is 0.242 e. The van der Waals surface area contributed by atoms with Crippen molar-refractivity contribution in [3.8, 4) is 11.5 Å². The van der Waals surface area contributed by atoms with Crippen molar-refractivity contribution < 1.29 is 27.1 Å². The molecular weight excluding hydrogens is 471 g/mol. The minimum Gasteiger partial charge on any atom is -0.496 e. The quantitative estimate of drug-likeness (QED) is 0.432. The van der Waals surface area contributed by atoms with Crippen LogP contribution in [0.4, 0.5) is 4.39 Å². The molecule has 0 saturated heterocycles. The van der Waals surface area contributed by atoms with Crippen LogP contribution in [-0.2, 0) is 34.4 Å². The van der Waals surface area contributed by atoms with Crippen LogP contribution < -0.4 is 14.8 Å². The lowest BCUT2D eigenvalue weighted by atomic mass is 10.1. The van der Waals surface area contributed by atoms with E-state index >= 15 is 0 Å². The number of hydrogen-bond acceptors (Lipinski definition) is 5. The van der Waals surface area contributed by atoms with Gasteiger partial charge in [0.15, 0.2) is 0 Å². The topological polar surface area (TPSA) is 84.9 Å². The molecule has 0 spiro atoms. The van der Waals surface area contributed by atoms with Crippen LogP contribution >= 0.6 is 0 Å². The van der Waals surface area contributed by atoms with Gasteiger partial charge in [-0.15, -0.1) is 0 Å². The molecule has 0 fully saturated rings. The first kappa shape index (κ1) is 26.2. The number of nitrogens with one attached hydrogen (secondary N) is 1. The number of sulfonamides is 1. The van der Waals surface area contributed by atoms with Gasteiger partial charge in [0.2, 0.25) is 15.9 Å². The normalized spacial score (nSPS) is 11.3. The van der Waals surface area contributed by atoms with E-state index in [-0.39, 0.29) is 23.0 Å². The molecule has 0 aliphatic carbocycles. The van der Waals surface area contributed by atoms with E-state index in [2.05, 4.69) is 5.32 Å². The first-order chi connectivity index (χ1) is 16.7. The summed E-state index contributed by atoms with van der Waals surface area (Å²) >= 11 is 0. The van der Waals surface area contributed by atoms with Crippen LogP contribution in [0.1, 0.15) is 23.1 Å². The van der Waals surface area contributed by atoms with Crippen molar-refractivity contribution in [2.75, 3.05) is 21.2 Å². The summed E-state index contributed by atoms with van der Waals surface area (Å²) in [6.07, 6.45) is 0.517. The number of amides is 1. The Morgan fingerprint density at radius 3 is 2.26 bits per heavy atom. The molecule has 0 radical (unpaired) electrons. The molecule has 0 atom stereocenters. The van der Waals surface area contributed by atoms with E-state index < -0.39 is 10.0 Å². The molecule has 0 bridgehead atoms. The third-order valence-corrected chi connectivity index (χ3v) is 7.19. The van der Waals surface area contributed by atoms with E-state index in [1.807, 2.05) is 24.3 Å². The highest BCUT2D eigenvalue weighted by Crippen LogP contribution is 2.25. The number of hydrogen-bond donors (Lipinski definition) is 1. The summed E-state index contributed by atoms with van der Waals surface area (Å²) in [5.41, 5.74) is 2.42. The molecule has 0 aliphatic rings. The average Bonchev–Trinajstić information content (AvgIpc) is 2.86. The second kappa shape index (κ2) is 11.8. The molecule has 186 valence electrons. The lowest BCUT2D eigenvalue weighted by molar-refractivity contribution is -0.121. The number of aryl methyl sites for hydroxylation is 1. The lowest BCUT2D eigenvalue weighted by Crippen LogP contribution is -2.23. The van der Waals surface area contributed by atoms with Crippen LogP contribution in [0.3, 0.4) is 0 Å². The number of methoxy groups -OCH3 is 1. The van der Waals surface area contributed by atoms with E-state index in [1.165, 1.54) is 39.4 Å². The van der Waals surface area contributed by atoms with Crippen molar-refractivity contribution >= 4 is 15.9 Å². The van der Waals surface area contributed by atoms with Gasteiger partial charge in [-0.2, -0.15) is 0 Å². The summed E-state index contributed by atoms with van der Waals surface area (Å²) in [6.45, 7) is 0.681. The summed E-state index contributed by atoms with van der Waals surface area (Å²) < 4.78 is 50.0. The molecule has 1 amide bonds. The molecule has 9 heteroatoms. The van der Waals surface area contributed by atoms with E-state index in [4.69, 9.17) is 9.47 Å².